The lowest BCUT2D eigenvalue weighted by atomic mass is 9.92. The van der Waals surface area contributed by atoms with Gasteiger partial charge < -0.3 is 10.6 Å². The van der Waals surface area contributed by atoms with Crippen molar-refractivity contribution in [1.29, 1.82) is 0 Å². The topological polar surface area (TPSA) is 54.0 Å². The first-order valence-electron chi connectivity index (χ1n) is 8.66. The van der Waals surface area contributed by atoms with Crippen LogP contribution >= 0.6 is 23.7 Å². The predicted octanol–water partition coefficient (Wildman–Crippen LogP) is 3.59. The standard InChI is InChI=1S/C19H25N3OS.ClH/c1-13-12-16(8-10-20-13)19(23)21-11-9-17-22-18(14(2)24-17)15-6-4-3-5-7-15;/h3-7,13,16,20H,8-12H2,1-2H3,(H,21,23);1H/t13-,16-;/m0./s1. The largest absolute Gasteiger partial charge is 0.355 e. The Kier molecular flexibility index (Phi) is 7.41. The van der Waals surface area contributed by atoms with E-state index >= 15 is 0 Å². The van der Waals surface area contributed by atoms with Crippen LogP contribution in [0.15, 0.2) is 30.3 Å². The quantitative estimate of drug-likeness (QED) is 0.834. The maximum Gasteiger partial charge on any atom is 0.223 e. The molecule has 0 radical (unpaired) electrons. The van der Waals surface area contributed by atoms with Crippen LogP contribution in [0.3, 0.4) is 0 Å². The molecule has 2 atom stereocenters. The SMILES string of the molecule is Cc1sc(CCNC(=O)[C@H]2CCN[C@@H](C)C2)nc1-c1ccccc1.Cl. The first-order chi connectivity index (χ1) is 11.6. The molecule has 0 spiro atoms. The fraction of sp³-hybridized carbons (Fsp3) is 0.474. The van der Waals surface area contributed by atoms with E-state index in [0.717, 1.165) is 42.1 Å². The third kappa shape index (κ3) is 5.27. The van der Waals surface area contributed by atoms with Crippen LogP contribution in [0.2, 0.25) is 0 Å². The summed E-state index contributed by atoms with van der Waals surface area (Å²) in [6.45, 7) is 5.85. The fourth-order valence-electron chi connectivity index (χ4n) is 3.23. The number of hydrogen-bond donors (Lipinski definition) is 2. The molecular formula is C19H26ClN3OS. The lowest BCUT2D eigenvalue weighted by molar-refractivity contribution is -0.126. The Morgan fingerprint density at radius 1 is 1.36 bits per heavy atom. The van der Waals surface area contributed by atoms with Gasteiger partial charge in [0.05, 0.1) is 10.7 Å². The van der Waals surface area contributed by atoms with E-state index < -0.39 is 0 Å². The molecule has 1 aliphatic rings. The smallest absolute Gasteiger partial charge is 0.223 e. The summed E-state index contributed by atoms with van der Waals surface area (Å²) in [5, 5.41) is 7.56. The summed E-state index contributed by atoms with van der Waals surface area (Å²) in [4.78, 5) is 18.3. The monoisotopic (exact) mass is 379 g/mol. The van der Waals surface area contributed by atoms with Crippen molar-refractivity contribution >= 4 is 29.7 Å². The molecule has 6 heteroatoms. The molecule has 0 bridgehead atoms. The zero-order chi connectivity index (χ0) is 16.9. The molecule has 2 heterocycles. The van der Waals surface area contributed by atoms with Crippen LogP contribution < -0.4 is 10.6 Å². The second-order valence-electron chi connectivity index (χ2n) is 6.50. The lowest BCUT2D eigenvalue weighted by Crippen LogP contribution is -2.42. The van der Waals surface area contributed by atoms with Crippen molar-refractivity contribution in [3.63, 3.8) is 0 Å². The van der Waals surface area contributed by atoms with Crippen LogP contribution in [-0.4, -0.2) is 30.0 Å². The van der Waals surface area contributed by atoms with Crippen molar-refractivity contribution in [3.8, 4) is 11.3 Å². The number of nitrogens with one attached hydrogen (secondary N) is 2. The summed E-state index contributed by atoms with van der Waals surface area (Å²) >= 11 is 1.72. The molecule has 1 saturated heterocycles. The van der Waals surface area contributed by atoms with E-state index in [1.54, 1.807) is 11.3 Å². The number of piperidine rings is 1. The van der Waals surface area contributed by atoms with E-state index in [1.807, 2.05) is 18.2 Å². The highest BCUT2D eigenvalue weighted by Crippen LogP contribution is 2.27. The summed E-state index contributed by atoms with van der Waals surface area (Å²) in [5.41, 5.74) is 2.22. The Bertz CT molecular complexity index is 689. The summed E-state index contributed by atoms with van der Waals surface area (Å²) < 4.78 is 0. The molecule has 0 saturated carbocycles. The zero-order valence-electron chi connectivity index (χ0n) is 14.7. The number of rotatable bonds is 5. The molecule has 1 aromatic carbocycles. The second kappa shape index (κ2) is 9.32. The molecule has 1 aromatic heterocycles. The first-order valence-corrected chi connectivity index (χ1v) is 9.48. The Hall–Kier alpha value is -1.43. The molecule has 4 nitrogen and oxygen atoms in total. The molecule has 0 aliphatic carbocycles. The van der Waals surface area contributed by atoms with Gasteiger partial charge in [-0.2, -0.15) is 0 Å². The minimum atomic E-state index is 0. The van der Waals surface area contributed by atoms with Crippen molar-refractivity contribution in [2.75, 3.05) is 13.1 Å². The van der Waals surface area contributed by atoms with E-state index in [1.165, 1.54) is 4.88 Å². The second-order valence-corrected chi connectivity index (χ2v) is 7.78. The van der Waals surface area contributed by atoms with Gasteiger partial charge in [-0.25, -0.2) is 4.98 Å². The van der Waals surface area contributed by atoms with Crippen molar-refractivity contribution in [3.05, 3.63) is 40.2 Å². The van der Waals surface area contributed by atoms with Crippen LogP contribution in [0.1, 0.15) is 29.7 Å². The number of aryl methyl sites for hydroxylation is 1. The van der Waals surface area contributed by atoms with Gasteiger partial charge >= 0.3 is 0 Å². The van der Waals surface area contributed by atoms with Crippen LogP contribution in [0.5, 0.6) is 0 Å². The molecule has 2 aromatic rings. The van der Waals surface area contributed by atoms with Crippen LogP contribution in [0, 0.1) is 12.8 Å². The predicted molar refractivity (Wildman–Crippen MR) is 106 cm³/mol. The zero-order valence-corrected chi connectivity index (χ0v) is 16.4. The number of thiazole rings is 1. The number of benzene rings is 1. The third-order valence-electron chi connectivity index (χ3n) is 4.52. The van der Waals surface area contributed by atoms with Crippen LogP contribution in [0.4, 0.5) is 0 Å². The average molecular weight is 380 g/mol. The summed E-state index contributed by atoms with van der Waals surface area (Å²) in [5.74, 6) is 0.346. The van der Waals surface area contributed by atoms with Gasteiger partial charge in [0.25, 0.3) is 0 Å². The van der Waals surface area contributed by atoms with Gasteiger partial charge in [0, 0.05) is 35.4 Å². The van der Waals surface area contributed by atoms with E-state index in [-0.39, 0.29) is 24.2 Å². The normalized spacial score (nSPS) is 19.9. The van der Waals surface area contributed by atoms with Crippen molar-refractivity contribution < 1.29 is 4.79 Å². The fourth-order valence-corrected chi connectivity index (χ4v) is 4.18. The average Bonchev–Trinajstić information content (AvgIpc) is 2.96. The van der Waals surface area contributed by atoms with Gasteiger partial charge in [0.15, 0.2) is 0 Å². The number of carbonyl (C=O) groups is 1. The van der Waals surface area contributed by atoms with Gasteiger partial charge in [0.2, 0.25) is 5.91 Å². The maximum absolute atomic E-state index is 12.3. The van der Waals surface area contributed by atoms with Crippen molar-refractivity contribution in [2.45, 2.75) is 39.2 Å². The lowest BCUT2D eigenvalue weighted by Gasteiger charge is -2.27. The molecule has 136 valence electrons. The highest BCUT2D eigenvalue weighted by atomic mass is 35.5. The van der Waals surface area contributed by atoms with Crippen LogP contribution in [-0.2, 0) is 11.2 Å². The van der Waals surface area contributed by atoms with Crippen LogP contribution in [0.25, 0.3) is 11.3 Å². The van der Waals surface area contributed by atoms with E-state index in [0.29, 0.717) is 12.6 Å². The minimum Gasteiger partial charge on any atom is -0.355 e. The summed E-state index contributed by atoms with van der Waals surface area (Å²) in [6, 6.07) is 10.7. The van der Waals surface area contributed by atoms with Gasteiger partial charge in [-0.1, -0.05) is 30.3 Å². The Labute approximate surface area is 159 Å². The van der Waals surface area contributed by atoms with Gasteiger partial charge in [-0.05, 0) is 33.2 Å². The highest BCUT2D eigenvalue weighted by Gasteiger charge is 2.24. The first kappa shape index (κ1) is 19.9. The number of nitrogens with zero attached hydrogens (tertiary/aromatic N) is 1. The van der Waals surface area contributed by atoms with Gasteiger partial charge in [0.1, 0.15) is 0 Å². The molecule has 3 rings (SSSR count). The summed E-state index contributed by atoms with van der Waals surface area (Å²) in [7, 11) is 0. The third-order valence-corrected chi connectivity index (χ3v) is 5.55. The van der Waals surface area contributed by atoms with Crippen molar-refractivity contribution in [1.82, 2.24) is 15.6 Å². The minimum absolute atomic E-state index is 0. The molecule has 1 aliphatic heterocycles. The van der Waals surface area contributed by atoms with E-state index in [2.05, 4.69) is 36.6 Å². The number of halogens is 1. The number of carbonyl (C=O) groups excluding carboxylic acids is 1. The Morgan fingerprint density at radius 2 is 2.12 bits per heavy atom. The molecule has 25 heavy (non-hydrogen) atoms. The maximum atomic E-state index is 12.3. The molecule has 0 unspecified atom stereocenters. The number of amides is 1. The highest BCUT2D eigenvalue weighted by molar-refractivity contribution is 7.12. The van der Waals surface area contributed by atoms with E-state index in [4.69, 9.17) is 4.98 Å². The Balaban J connectivity index is 0.00000225. The summed E-state index contributed by atoms with van der Waals surface area (Å²) in [6.07, 6.45) is 2.66. The van der Waals surface area contributed by atoms with Gasteiger partial charge in [-0.15, -0.1) is 23.7 Å². The van der Waals surface area contributed by atoms with Gasteiger partial charge in [-0.3, -0.25) is 4.79 Å². The molecule has 1 amide bonds. The number of hydrogen-bond acceptors (Lipinski definition) is 4. The number of aromatic nitrogens is 1. The molecular weight excluding hydrogens is 354 g/mol. The molecule has 1 fully saturated rings. The Morgan fingerprint density at radius 3 is 2.84 bits per heavy atom. The molecule has 2 N–H and O–H groups in total. The van der Waals surface area contributed by atoms with E-state index in [9.17, 15) is 4.79 Å². The van der Waals surface area contributed by atoms with Crippen molar-refractivity contribution in [2.24, 2.45) is 5.92 Å².